The van der Waals surface area contributed by atoms with Crippen molar-refractivity contribution in [3.05, 3.63) is 39.4 Å². The molecule has 0 fully saturated rings. The minimum Gasteiger partial charge on any atom is -0.496 e. The molecule has 0 saturated heterocycles. The predicted octanol–water partition coefficient (Wildman–Crippen LogP) is 5.11. The standard InChI is InChI=1S/C20H26ClNO4S/c1-11(2)17(12(3)4)26-20(24)15-10-14(6-7-16(15)21)22-19(23)18-13(5)25-8-9-27-18/h6-7,10-12,17H,8-9H2,1-5H3,(H,22,23). The maximum absolute atomic E-state index is 12.6. The van der Waals surface area contributed by atoms with Gasteiger partial charge in [-0.25, -0.2) is 4.79 Å². The largest absolute Gasteiger partial charge is 0.496 e. The van der Waals surface area contributed by atoms with Gasteiger partial charge in [-0.3, -0.25) is 4.79 Å². The van der Waals surface area contributed by atoms with E-state index in [4.69, 9.17) is 21.1 Å². The molecular formula is C20H26ClNO4S. The van der Waals surface area contributed by atoms with Crippen LogP contribution in [0.25, 0.3) is 0 Å². The number of esters is 1. The highest BCUT2D eigenvalue weighted by atomic mass is 35.5. The molecule has 1 heterocycles. The summed E-state index contributed by atoms with van der Waals surface area (Å²) in [6, 6.07) is 4.79. The van der Waals surface area contributed by atoms with E-state index < -0.39 is 5.97 Å². The number of hydrogen-bond donors (Lipinski definition) is 1. The number of carbonyl (C=O) groups is 2. The number of benzene rings is 1. The van der Waals surface area contributed by atoms with Crippen molar-refractivity contribution < 1.29 is 19.1 Å². The Hall–Kier alpha value is -1.66. The topological polar surface area (TPSA) is 64.6 Å². The Labute approximate surface area is 169 Å². The first kappa shape index (κ1) is 21.6. The molecule has 0 aliphatic carbocycles. The van der Waals surface area contributed by atoms with Gasteiger partial charge in [0.05, 0.1) is 17.2 Å². The van der Waals surface area contributed by atoms with E-state index in [2.05, 4.69) is 5.32 Å². The van der Waals surface area contributed by atoms with E-state index in [0.717, 1.165) is 5.75 Å². The van der Waals surface area contributed by atoms with Crippen LogP contribution in [-0.4, -0.2) is 30.3 Å². The third-order valence-electron chi connectivity index (χ3n) is 4.18. The van der Waals surface area contributed by atoms with Crippen LogP contribution in [0.3, 0.4) is 0 Å². The maximum atomic E-state index is 12.6. The number of amides is 1. The number of ether oxygens (including phenoxy) is 2. The van der Waals surface area contributed by atoms with Crippen LogP contribution < -0.4 is 5.32 Å². The summed E-state index contributed by atoms with van der Waals surface area (Å²) in [6.45, 7) is 10.4. The van der Waals surface area contributed by atoms with Crippen molar-refractivity contribution >= 4 is 40.9 Å². The fourth-order valence-electron chi connectivity index (χ4n) is 2.91. The number of carbonyl (C=O) groups excluding carboxylic acids is 2. The fourth-order valence-corrected chi connectivity index (χ4v) is 3.92. The van der Waals surface area contributed by atoms with Gasteiger partial charge in [-0.15, -0.1) is 11.8 Å². The third-order valence-corrected chi connectivity index (χ3v) is 5.64. The number of thioether (sulfide) groups is 1. The zero-order valence-corrected chi connectivity index (χ0v) is 17.9. The molecule has 1 N–H and O–H groups in total. The van der Waals surface area contributed by atoms with Crippen molar-refractivity contribution in [1.82, 2.24) is 0 Å². The lowest BCUT2D eigenvalue weighted by molar-refractivity contribution is -0.112. The Morgan fingerprint density at radius 3 is 2.48 bits per heavy atom. The Balaban J connectivity index is 2.18. The van der Waals surface area contributed by atoms with Crippen LogP contribution in [0.4, 0.5) is 5.69 Å². The highest BCUT2D eigenvalue weighted by molar-refractivity contribution is 8.04. The Morgan fingerprint density at radius 2 is 1.89 bits per heavy atom. The molecule has 0 bridgehead atoms. The molecule has 0 aromatic heterocycles. The van der Waals surface area contributed by atoms with Crippen LogP contribution in [0.2, 0.25) is 5.02 Å². The summed E-state index contributed by atoms with van der Waals surface area (Å²) >= 11 is 7.65. The van der Waals surface area contributed by atoms with Gasteiger partial charge >= 0.3 is 5.97 Å². The van der Waals surface area contributed by atoms with Crippen LogP contribution in [-0.2, 0) is 14.3 Å². The van der Waals surface area contributed by atoms with Crippen molar-refractivity contribution in [3.63, 3.8) is 0 Å². The van der Waals surface area contributed by atoms with E-state index >= 15 is 0 Å². The second-order valence-corrected chi connectivity index (χ2v) is 8.60. The van der Waals surface area contributed by atoms with E-state index in [1.807, 2.05) is 27.7 Å². The van der Waals surface area contributed by atoms with Gasteiger partial charge in [0.2, 0.25) is 0 Å². The molecule has 1 aromatic rings. The summed E-state index contributed by atoms with van der Waals surface area (Å²) in [5.41, 5.74) is 0.715. The molecule has 0 unspecified atom stereocenters. The quantitative estimate of drug-likeness (QED) is 0.659. The molecule has 0 radical (unpaired) electrons. The van der Waals surface area contributed by atoms with Gasteiger partial charge < -0.3 is 14.8 Å². The molecule has 1 amide bonds. The molecule has 1 aromatic carbocycles. The molecule has 7 heteroatoms. The van der Waals surface area contributed by atoms with Crippen molar-refractivity contribution in [2.24, 2.45) is 11.8 Å². The second-order valence-electron chi connectivity index (χ2n) is 7.09. The Kier molecular flexibility index (Phi) is 7.62. The summed E-state index contributed by atoms with van der Waals surface area (Å²) in [4.78, 5) is 25.6. The molecule has 2 rings (SSSR count). The smallest absolute Gasteiger partial charge is 0.340 e. The van der Waals surface area contributed by atoms with Crippen molar-refractivity contribution in [1.29, 1.82) is 0 Å². The molecule has 1 aliphatic heterocycles. The first-order valence-electron chi connectivity index (χ1n) is 8.99. The van der Waals surface area contributed by atoms with Gasteiger partial charge in [0.25, 0.3) is 5.91 Å². The van der Waals surface area contributed by atoms with E-state index in [-0.39, 0.29) is 34.4 Å². The summed E-state index contributed by atoms with van der Waals surface area (Å²) in [7, 11) is 0. The molecule has 0 saturated carbocycles. The molecule has 5 nitrogen and oxygen atoms in total. The molecular weight excluding hydrogens is 386 g/mol. The molecule has 0 spiro atoms. The van der Waals surface area contributed by atoms with Gasteiger partial charge in [-0.2, -0.15) is 0 Å². The maximum Gasteiger partial charge on any atom is 0.340 e. The van der Waals surface area contributed by atoms with E-state index in [9.17, 15) is 9.59 Å². The zero-order chi connectivity index (χ0) is 20.1. The molecule has 1 aliphatic rings. The molecule has 0 atom stereocenters. The fraction of sp³-hybridized carbons (Fsp3) is 0.500. The van der Waals surface area contributed by atoms with Gasteiger partial charge in [0, 0.05) is 11.4 Å². The number of hydrogen-bond acceptors (Lipinski definition) is 5. The number of allylic oxidation sites excluding steroid dienone is 1. The summed E-state index contributed by atoms with van der Waals surface area (Å²) in [6.07, 6.45) is -0.213. The highest BCUT2D eigenvalue weighted by Crippen LogP contribution is 2.28. The second kappa shape index (κ2) is 9.51. The average molecular weight is 412 g/mol. The van der Waals surface area contributed by atoms with Crippen LogP contribution in [0.1, 0.15) is 45.0 Å². The average Bonchev–Trinajstić information content (AvgIpc) is 2.60. The summed E-state index contributed by atoms with van der Waals surface area (Å²) in [5.74, 6) is 0.955. The normalized spacial score (nSPS) is 14.6. The lowest BCUT2D eigenvalue weighted by Crippen LogP contribution is -2.29. The van der Waals surface area contributed by atoms with Gasteiger partial charge in [0.1, 0.15) is 16.8 Å². The summed E-state index contributed by atoms with van der Waals surface area (Å²) in [5, 5.41) is 3.09. The van der Waals surface area contributed by atoms with Crippen LogP contribution >= 0.6 is 23.4 Å². The zero-order valence-electron chi connectivity index (χ0n) is 16.3. The number of halogens is 1. The van der Waals surface area contributed by atoms with Gasteiger partial charge in [-0.1, -0.05) is 39.3 Å². The van der Waals surface area contributed by atoms with E-state index in [1.54, 1.807) is 25.1 Å². The lowest BCUT2D eigenvalue weighted by Gasteiger charge is -2.25. The van der Waals surface area contributed by atoms with E-state index in [0.29, 0.717) is 23.0 Å². The molecule has 148 valence electrons. The number of anilines is 1. The SMILES string of the molecule is CC1=C(C(=O)Nc2ccc(Cl)c(C(=O)OC(C(C)C)C(C)C)c2)SCCO1. The minimum absolute atomic E-state index is 0.189. The van der Waals surface area contributed by atoms with Crippen LogP contribution in [0, 0.1) is 11.8 Å². The van der Waals surface area contributed by atoms with Gasteiger partial charge in [0.15, 0.2) is 0 Å². The number of rotatable bonds is 6. The third kappa shape index (κ3) is 5.66. The number of nitrogens with one attached hydrogen (secondary N) is 1. The monoisotopic (exact) mass is 411 g/mol. The highest BCUT2D eigenvalue weighted by Gasteiger charge is 2.25. The van der Waals surface area contributed by atoms with Crippen LogP contribution in [0.15, 0.2) is 28.9 Å². The van der Waals surface area contributed by atoms with Crippen LogP contribution in [0.5, 0.6) is 0 Å². The molecule has 27 heavy (non-hydrogen) atoms. The lowest BCUT2D eigenvalue weighted by atomic mass is 9.96. The minimum atomic E-state index is -0.491. The van der Waals surface area contributed by atoms with Crippen molar-refractivity contribution in [2.75, 3.05) is 17.7 Å². The Bertz CT molecular complexity index is 737. The van der Waals surface area contributed by atoms with Crippen molar-refractivity contribution in [2.45, 2.75) is 40.7 Å². The first-order chi connectivity index (χ1) is 12.7. The first-order valence-corrected chi connectivity index (χ1v) is 10.4. The van der Waals surface area contributed by atoms with Gasteiger partial charge in [-0.05, 0) is 37.0 Å². The van der Waals surface area contributed by atoms with Crippen molar-refractivity contribution in [3.8, 4) is 0 Å². The predicted molar refractivity (Wildman–Crippen MR) is 110 cm³/mol. The summed E-state index contributed by atoms with van der Waals surface area (Å²) < 4.78 is 11.1. The Morgan fingerprint density at radius 1 is 1.22 bits per heavy atom. The van der Waals surface area contributed by atoms with E-state index in [1.165, 1.54) is 11.8 Å².